The third-order valence-corrected chi connectivity index (χ3v) is 3.25. The highest BCUT2D eigenvalue weighted by atomic mass is 16.5. The van der Waals surface area contributed by atoms with Crippen molar-refractivity contribution in [2.75, 3.05) is 0 Å². The van der Waals surface area contributed by atoms with Crippen LogP contribution in [-0.2, 0) is 13.2 Å². The highest BCUT2D eigenvalue weighted by Gasteiger charge is 2.19. The number of nitrogens with one attached hydrogen (secondary N) is 1. The topological polar surface area (TPSA) is 34.1 Å². The largest absolute Gasteiger partial charge is 0.489 e. The minimum Gasteiger partial charge on any atom is -0.489 e. The van der Waals surface area contributed by atoms with E-state index >= 15 is 0 Å². The van der Waals surface area contributed by atoms with Crippen molar-refractivity contribution < 1.29 is 4.74 Å². The first-order valence-electron chi connectivity index (χ1n) is 6.74. The van der Waals surface area contributed by atoms with Crippen LogP contribution in [0.25, 0.3) is 0 Å². The summed E-state index contributed by atoms with van der Waals surface area (Å²) >= 11 is 0. The van der Waals surface area contributed by atoms with Crippen molar-refractivity contribution in [3.8, 4) is 5.75 Å². The maximum atomic E-state index is 5.74. The molecule has 98 valence electrons. The molecule has 1 fully saturated rings. The second-order valence-corrected chi connectivity index (χ2v) is 4.94. The molecule has 1 N–H and O–H groups in total. The second-order valence-electron chi connectivity index (χ2n) is 4.94. The van der Waals surface area contributed by atoms with Crippen LogP contribution in [0.4, 0.5) is 0 Å². The van der Waals surface area contributed by atoms with Gasteiger partial charge in [-0.05, 0) is 48.2 Å². The fraction of sp³-hybridized carbons (Fsp3) is 0.312. The van der Waals surface area contributed by atoms with Gasteiger partial charge in [0.2, 0.25) is 0 Å². The molecule has 0 spiro atoms. The Kier molecular flexibility index (Phi) is 3.75. The zero-order valence-corrected chi connectivity index (χ0v) is 10.9. The molecule has 1 aliphatic carbocycles. The molecule has 2 aromatic rings. The maximum Gasteiger partial charge on any atom is 0.119 e. The lowest BCUT2D eigenvalue weighted by atomic mass is 10.2. The first-order chi connectivity index (χ1) is 9.40. The number of rotatable bonds is 6. The number of hydrogen-bond acceptors (Lipinski definition) is 3. The first-order valence-corrected chi connectivity index (χ1v) is 6.74. The van der Waals surface area contributed by atoms with Crippen molar-refractivity contribution in [1.29, 1.82) is 0 Å². The van der Waals surface area contributed by atoms with Crippen molar-refractivity contribution in [2.45, 2.75) is 32.0 Å². The van der Waals surface area contributed by atoms with Crippen molar-refractivity contribution in [1.82, 2.24) is 10.3 Å². The monoisotopic (exact) mass is 254 g/mol. The summed E-state index contributed by atoms with van der Waals surface area (Å²) in [6.07, 6.45) is 6.22. The summed E-state index contributed by atoms with van der Waals surface area (Å²) < 4.78 is 5.74. The second kappa shape index (κ2) is 5.85. The fourth-order valence-corrected chi connectivity index (χ4v) is 1.90. The van der Waals surface area contributed by atoms with Gasteiger partial charge in [0, 0.05) is 25.0 Å². The van der Waals surface area contributed by atoms with E-state index in [9.17, 15) is 0 Å². The summed E-state index contributed by atoms with van der Waals surface area (Å²) in [6.45, 7) is 1.54. The van der Waals surface area contributed by atoms with Gasteiger partial charge in [0.15, 0.2) is 0 Å². The van der Waals surface area contributed by atoms with Crippen molar-refractivity contribution in [2.24, 2.45) is 0 Å². The van der Waals surface area contributed by atoms with Crippen LogP contribution >= 0.6 is 0 Å². The summed E-state index contributed by atoms with van der Waals surface area (Å²) in [5.74, 6) is 0.909. The molecule has 0 bridgehead atoms. The van der Waals surface area contributed by atoms with Gasteiger partial charge in [-0.1, -0.05) is 12.1 Å². The average Bonchev–Trinajstić information content (AvgIpc) is 3.29. The van der Waals surface area contributed by atoms with Gasteiger partial charge in [0.25, 0.3) is 0 Å². The predicted octanol–water partition coefficient (Wildman–Crippen LogP) is 2.91. The van der Waals surface area contributed by atoms with E-state index in [0.29, 0.717) is 6.61 Å². The van der Waals surface area contributed by atoms with Gasteiger partial charge in [-0.25, -0.2) is 0 Å². The van der Waals surface area contributed by atoms with E-state index in [4.69, 9.17) is 4.74 Å². The third-order valence-electron chi connectivity index (χ3n) is 3.25. The molecule has 3 rings (SSSR count). The van der Waals surface area contributed by atoms with Gasteiger partial charge in [-0.15, -0.1) is 0 Å². The van der Waals surface area contributed by atoms with Gasteiger partial charge < -0.3 is 10.1 Å². The number of pyridine rings is 1. The Morgan fingerprint density at radius 1 is 1.00 bits per heavy atom. The quantitative estimate of drug-likeness (QED) is 0.860. The Morgan fingerprint density at radius 2 is 1.74 bits per heavy atom. The summed E-state index contributed by atoms with van der Waals surface area (Å²) in [7, 11) is 0. The molecule has 0 saturated heterocycles. The molecule has 0 aliphatic heterocycles. The predicted molar refractivity (Wildman–Crippen MR) is 74.9 cm³/mol. The molecular weight excluding hydrogens is 236 g/mol. The van der Waals surface area contributed by atoms with Crippen LogP contribution in [0.5, 0.6) is 5.75 Å². The first kappa shape index (κ1) is 12.2. The highest BCUT2D eigenvalue weighted by Crippen LogP contribution is 2.20. The van der Waals surface area contributed by atoms with Crippen LogP contribution in [0.2, 0.25) is 0 Å². The molecule has 3 nitrogen and oxygen atoms in total. The lowest BCUT2D eigenvalue weighted by molar-refractivity contribution is 0.306. The lowest BCUT2D eigenvalue weighted by Gasteiger charge is -2.07. The Morgan fingerprint density at radius 3 is 2.42 bits per heavy atom. The Bertz CT molecular complexity index is 506. The normalized spacial score (nSPS) is 14.3. The summed E-state index contributed by atoms with van der Waals surface area (Å²) in [6, 6.07) is 13.0. The van der Waals surface area contributed by atoms with Gasteiger partial charge in [-0.2, -0.15) is 0 Å². The molecule has 1 aromatic heterocycles. The third kappa shape index (κ3) is 3.80. The SMILES string of the molecule is c1cc(COc2ccc(CNC3CC3)cc2)ccn1. The van der Waals surface area contributed by atoms with E-state index in [-0.39, 0.29) is 0 Å². The van der Waals surface area contributed by atoms with Crippen LogP contribution in [0, 0.1) is 0 Å². The number of nitrogens with zero attached hydrogens (tertiary/aromatic N) is 1. The minimum absolute atomic E-state index is 0.586. The number of benzene rings is 1. The number of ether oxygens (including phenoxy) is 1. The maximum absolute atomic E-state index is 5.74. The van der Waals surface area contributed by atoms with E-state index in [2.05, 4.69) is 22.4 Å². The minimum atomic E-state index is 0.586. The molecule has 1 aliphatic rings. The molecule has 19 heavy (non-hydrogen) atoms. The Labute approximate surface area is 113 Å². The van der Waals surface area contributed by atoms with Crippen LogP contribution in [0.15, 0.2) is 48.8 Å². The molecule has 3 heteroatoms. The fourth-order valence-electron chi connectivity index (χ4n) is 1.90. The molecule has 0 unspecified atom stereocenters. The van der Waals surface area contributed by atoms with E-state index in [1.54, 1.807) is 12.4 Å². The molecule has 1 saturated carbocycles. The van der Waals surface area contributed by atoms with E-state index < -0.39 is 0 Å². The number of aromatic nitrogens is 1. The molecule has 0 amide bonds. The van der Waals surface area contributed by atoms with E-state index in [1.807, 2.05) is 24.3 Å². The molecule has 0 radical (unpaired) electrons. The summed E-state index contributed by atoms with van der Waals surface area (Å²) in [5, 5.41) is 3.50. The van der Waals surface area contributed by atoms with Crippen molar-refractivity contribution in [3.63, 3.8) is 0 Å². The van der Waals surface area contributed by atoms with E-state index in [0.717, 1.165) is 23.9 Å². The highest BCUT2D eigenvalue weighted by molar-refractivity contribution is 5.27. The van der Waals surface area contributed by atoms with Gasteiger partial charge in [0.1, 0.15) is 12.4 Å². The molecule has 1 heterocycles. The number of hydrogen-bond donors (Lipinski definition) is 1. The average molecular weight is 254 g/mol. The zero-order chi connectivity index (χ0) is 12.9. The standard InChI is InChI=1S/C16H18N2O/c1-5-16(19-12-14-7-9-17-10-8-14)6-2-13(1)11-18-15-3-4-15/h1-2,5-10,15,18H,3-4,11-12H2. The van der Waals surface area contributed by atoms with Crippen LogP contribution in [-0.4, -0.2) is 11.0 Å². The van der Waals surface area contributed by atoms with Gasteiger partial charge in [0.05, 0.1) is 0 Å². The van der Waals surface area contributed by atoms with Crippen molar-refractivity contribution >= 4 is 0 Å². The van der Waals surface area contributed by atoms with E-state index in [1.165, 1.54) is 18.4 Å². The van der Waals surface area contributed by atoms with Gasteiger partial charge >= 0.3 is 0 Å². The lowest BCUT2D eigenvalue weighted by Crippen LogP contribution is -2.15. The molecular formula is C16H18N2O. The summed E-state index contributed by atoms with van der Waals surface area (Å²) in [5.41, 5.74) is 2.44. The Hall–Kier alpha value is -1.87. The van der Waals surface area contributed by atoms with Gasteiger partial charge in [-0.3, -0.25) is 4.98 Å². The zero-order valence-electron chi connectivity index (χ0n) is 10.9. The van der Waals surface area contributed by atoms with Crippen LogP contribution in [0.1, 0.15) is 24.0 Å². The smallest absolute Gasteiger partial charge is 0.119 e. The van der Waals surface area contributed by atoms with Crippen LogP contribution in [0.3, 0.4) is 0 Å². The van der Waals surface area contributed by atoms with Crippen LogP contribution < -0.4 is 10.1 Å². The summed E-state index contributed by atoms with van der Waals surface area (Å²) in [4.78, 5) is 3.99. The Balaban J connectivity index is 1.50. The molecule has 1 aromatic carbocycles. The van der Waals surface area contributed by atoms with Crippen molar-refractivity contribution in [3.05, 3.63) is 59.9 Å². The molecule has 0 atom stereocenters.